The van der Waals surface area contributed by atoms with Crippen LogP contribution in [0.2, 0.25) is 0 Å². The van der Waals surface area contributed by atoms with Crippen LogP contribution in [0.25, 0.3) is 16.6 Å². The van der Waals surface area contributed by atoms with Crippen LogP contribution in [0.1, 0.15) is 37.7 Å². The van der Waals surface area contributed by atoms with Gasteiger partial charge in [0.1, 0.15) is 5.82 Å². The van der Waals surface area contributed by atoms with Crippen molar-refractivity contribution in [1.29, 1.82) is 0 Å². The van der Waals surface area contributed by atoms with Crippen molar-refractivity contribution in [3.05, 3.63) is 53.5 Å². The van der Waals surface area contributed by atoms with Crippen LogP contribution in [0, 0.1) is 6.92 Å². The molecule has 0 aliphatic rings. The number of nitrogens with one attached hydrogen (secondary N) is 2. The van der Waals surface area contributed by atoms with Gasteiger partial charge in [0, 0.05) is 29.1 Å². The Bertz CT molecular complexity index is 1070. The molecule has 0 spiro atoms. The lowest BCUT2D eigenvalue weighted by Crippen LogP contribution is -2.18. The molecule has 4 aromatic rings. The fraction of sp³-hybridized carbons (Fsp3) is 0.350. The third kappa shape index (κ3) is 2.92. The number of benzene rings is 1. The molecule has 0 amide bonds. The molecule has 134 valence electrons. The predicted molar refractivity (Wildman–Crippen MR) is 105 cm³/mol. The first kappa shape index (κ1) is 16.6. The molecule has 0 saturated carbocycles. The number of fused-ring (bicyclic) bond motifs is 2. The zero-order valence-corrected chi connectivity index (χ0v) is 15.7. The van der Waals surface area contributed by atoms with Gasteiger partial charge in [-0.2, -0.15) is 4.52 Å². The number of nitrogens with zero attached hydrogens (tertiary/aromatic N) is 4. The number of hydrogen-bond acceptors (Lipinski definition) is 4. The van der Waals surface area contributed by atoms with Crippen LogP contribution in [-0.2, 0) is 11.8 Å². The first-order valence-corrected chi connectivity index (χ1v) is 8.96. The fourth-order valence-electron chi connectivity index (χ4n) is 3.25. The van der Waals surface area contributed by atoms with Crippen LogP contribution >= 0.6 is 0 Å². The highest BCUT2D eigenvalue weighted by atomic mass is 15.4. The predicted octanol–water partition coefficient (Wildman–Crippen LogP) is 3.87. The second kappa shape index (κ2) is 6.12. The lowest BCUT2D eigenvalue weighted by molar-refractivity contribution is 0.527. The van der Waals surface area contributed by atoms with Crippen molar-refractivity contribution in [2.75, 3.05) is 11.9 Å². The lowest BCUT2D eigenvalue weighted by atomic mass is 9.96. The van der Waals surface area contributed by atoms with Gasteiger partial charge in [0.05, 0.1) is 0 Å². The number of anilines is 1. The molecule has 2 N–H and O–H groups in total. The second-order valence-electron chi connectivity index (χ2n) is 7.75. The van der Waals surface area contributed by atoms with Gasteiger partial charge in [-0.3, -0.25) is 0 Å². The van der Waals surface area contributed by atoms with Crippen LogP contribution in [0.3, 0.4) is 0 Å². The summed E-state index contributed by atoms with van der Waals surface area (Å²) in [5.74, 6) is 1.70. The molecule has 3 heterocycles. The van der Waals surface area contributed by atoms with E-state index in [1.54, 1.807) is 0 Å². The Morgan fingerprint density at radius 2 is 1.96 bits per heavy atom. The average Bonchev–Trinajstić information content (AvgIpc) is 3.19. The van der Waals surface area contributed by atoms with E-state index in [0.717, 1.165) is 30.3 Å². The van der Waals surface area contributed by atoms with E-state index in [1.807, 2.05) is 16.6 Å². The van der Waals surface area contributed by atoms with Gasteiger partial charge in [-0.25, -0.2) is 0 Å². The molecule has 0 radical (unpaired) electrons. The third-order valence-electron chi connectivity index (χ3n) is 4.64. The van der Waals surface area contributed by atoms with Gasteiger partial charge >= 0.3 is 0 Å². The SMILES string of the molecule is Cc1cccc2c(CCNc3ccc4nnc(C(C)(C)C)n4n3)c[nH]c12. The van der Waals surface area contributed by atoms with Crippen LogP contribution < -0.4 is 5.32 Å². The third-order valence-corrected chi connectivity index (χ3v) is 4.64. The Morgan fingerprint density at radius 1 is 1.12 bits per heavy atom. The Labute approximate surface area is 152 Å². The highest BCUT2D eigenvalue weighted by molar-refractivity contribution is 5.85. The molecule has 26 heavy (non-hydrogen) atoms. The van der Waals surface area contributed by atoms with Crippen molar-refractivity contribution in [3.8, 4) is 0 Å². The topological polar surface area (TPSA) is 70.9 Å². The van der Waals surface area contributed by atoms with Gasteiger partial charge < -0.3 is 10.3 Å². The first-order valence-electron chi connectivity index (χ1n) is 8.96. The maximum atomic E-state index is 4.67. The van der Waals surface area contributed by atoms with Crippen LogP contribution in [-0.4, -0.2) is 31.3 Å². The quantitative estimate of drug-likeness (QED) is 0.587. The Morgan fingerprint density at radius 3 is 2.77 bits per heavy atom. The largest absolute Gasteiger partial charge is 0.368 e. The van der Waals surface area contributed by atoms with Crippen molar-refractivity contribution in [2.45, 2.75) is 39.5 Å². The number of H-pyrrole nitrogens is 1. The van der Waals surface area contributed by atoms with Gasteiger partial charge in [0.15, 0.2) is 11.5 Å². The Balaban J connectivity index is 1.52. The van der Waals surface area contributed by atoms with Crippen LogP contribution in [0.5, 0.6) is 0 Å². The molecular weight excluding hydrogens is 324 g/mol. The zero-order valence-electron chi connectivity index (χ0n) is 15.7. The molecular formula is C20H24N6. The second-order valence-corrected chi connectivity index (χ2v) is 7.75. The Kier molecular flexibility index (Phi) is 3.90. The fourth-order valence-corrected chi connectivity index (χ4v) is 3.25. The van der Waals surface area contributed by atoms with Crippen molar-refractivity contribution in [1.82, 2.24) is 24.8 Å². The van der Waals surface area contributed by atoms with Gasteiger partial charge in [0.2, 0.25) is 0 Å². The maximum absolute atomic E-state index is 4.67. The molecule has 0 saturated heterocycles. The summed E-state index contributed by atoms with van der Waals surface area (Å²) in [5.41, 5.74) is 4.48. The highest BCUT2D eigenvalue weighted by Gasteiger charge is 2.21. The molecule has 0 fully saturated rings. The lowest BCUT2D eigenvalue weighted by Gasteiger charge is -2.15. The summed E-state index contributed by atoms with van der Waals surface area (Å²) in [6.07, 6.45) is 3.03. The summed E-state index contributed by atoms with van der Waals surface area (Å²) in [4.78, 5) is 3.39. The summed E-state index contributed by atoms with van der Waals surface area (Å²) in [5, 5.41) is 17.9. The number of aromatic amines is 1. The minimum Gasteiger partial charge on any atom is -0.368 e. The molecule has 3 aromatic heterocycles. The maximum Gasteiger partial charge on any atom is 0.178 e. The van der Waals surface area contributed by atoms with Crippen molar-refractivity contribution < 1.29 is 0 Å². The van der Waals surface area contributed by atoms with Crippen molar-refractivity contribution in [2.24, 2.45) is 0 Å². The van der Waals surface area contributed by atoms with E-state index in [-0.39, 0.29) is 5.41 Å². The van der Waals surface area contributed by atoms with Gasteiger partial charge in [-0.15, -0.1) is 15.3 Å². The Hall–Kier alpha value is -2.89. The van der Waals surface area contributed by atoms with E-state index in [2.05, 4.69) is 77.7 Å². The monoisotopic (exact) mass is 348 g/mol. The summed E-state index contributed by atoms with van der Waals surface area (Å²) < 4.78 is 1.83. The van der Waals surface area contributed by atoms with E-state index in [4.69, 9.17) is 0 Å². The first-order chi connectivity index (χ1) is 12.4. The molecule has 6 heteroatoms. The van der Waals surface area contributed by atoms with Crippen molar-refractivity contribution in [3.63, 3.8) is 0 Å². The summed E-state index contributed by atoms with van der Waals surface area (Å²) in [6.45, 7) is 9.29. The molecule has 6 nitrogen and oxygen atoms in total. The summed E-state index contributed by atoms with van der Waals surface area (Å²) in [7, 11) is 0. The minimum atomic E-state index is -0.104. The molecule has 4 rings (SSSR count). The van der Waals surface area contributed by atoms with Gasteiger partial charge in [-0.05, 0) is 36.6 Å². The average molecular weight is 348 g/mol. The van der Waals surface area contributed by atoms with Crippen LogP contribution in [0.4, 0.5) is 5.82 Å². The van der Waals surface area contributed by atoms with Gasteiger partial charge in [-0.1, -0.05) is 39.0 Å². The van der Waals surface area contributed by atoms with E-state index >= 15 is 0 Å². The normalized spacial score (nSPS) is 12.2. The zero-order chi connectivity index (χ0) is 18.3. The van der Waals surface area contributed by atoms with E-state index in [9.17, 15) is 0 Å². The number of rotatable bonds is 4. The summed E-state index contributed by atoms with van der Waals surface area (Å²) >= 11 is 0. The molecule has 0 unspecified atom stereocenters. The molecule has 0 aliphatic heterocycles. The van der Waals surface area contributed by atoms with Crippen LogP contribution in [0.15, 0.2) is 36.5 Å². The number of hydrogen-bond donors (Lipinski definition) is 2. The van der Waals surface area contributed by atoms with Crippen molar-refractivity contribution >= 4 is 22.4 Å². The minimum absolute atomic E-state index is 0.104. The summed E-state index contributed by atoms with van der Waals surface area (Å²) in [6, 6.07) is 10.3. The van der Waals surface area contributed by atoms with E-state index in [1.165, 1.54) is 22.0 Å². The molecule has 0 atom stereocenters. The smallest absolute Gasteiger partial charge is 0.178 e. The number of aryl methyl sites for hydroxylation is 1. The molecule has 0 bridgehead atoms. The standard InChI is InChI=1S/C20H24N6/c1-13-6-5-7-15-14(12-22-18(13)15)10-11-21-16-8-9-17-23-24-19(20(2,3)4)26(17)25-16/h5-9,12,22H,10-11H2,1-4H3,(H,21,25). The number of aromatic nitrogens is 5. The van der Waals surface area contributed by atoms with Gasteiger partial charge in [0.25, 0.3) is 0 Å². The highest BCUT2D eigenvalue weighted by Crippen LogP contribution is 2.22. The molecule has 0 aliphatic carbocycles. The van der Waals surface area contributed by atoms with E-state index in [0.29, 0.717) is 0 Å². The number of para-hydroxylation sites is 1. The molecule has 1 aromatic carbocycles. The van der Waals surface area contributed by atoms with E-state index < -0.39 is 0 Å².